The van der Waals surface area contributed by atoms with Crippen LogP contribution >= 0.6 is 0 Å². The van der Waals surface area contributed by atoms with Crippen LogP contribution in [-0.2, 0) is 29.0 Å². The van der Waals surface area contributed by atoms with E-state index in [1.54, 1.807) is 24.0 Å². The Morgan fingerprint density at radius 1 is 0.844 bits per heavy atom. The second-order valence-electron chi connectivity index (χ2n) is 7.73. The number of hydrogen-bond donors (Lipinski definition) is 1. The maximum absolute atomic E-state index is 13.4. The Kier molecular flexibility index (Phi) is 8.55. The monoisotopic (exact) mass is 432 g/mol. The SMILES string of the molecule is CCC(=O)N(Cc1ccc(F)cc1)[C@H](Cc1ccccc1)C(=O)NCCc1ccccc1. The van der Waals surface area contributed by atoms with Crippen molar-refractivity contribution >= 4 is 11.8 Å². The van der Waals surface area contributed by atoms with E-state index in [1.807, 2.05) is 60.7 Å². The first-order chi connectivity index (χ1) is 15.6. The van der Waals surface area contributed by atoms with Crippen LogP contribution in [0.25, 0.3) is 0 Å². The summed E-state index contributed by atoms with van der Waals surface area (Å²) >= 11 is 0. The van der Waals surface area contributed by atoms with Crippen LogP contribution in [0.3, 0.4) is 0 Å². The maximum atomic E-state index is 13.4. The fourth-order valence-electron chi connectivity index (χ4n) is 3.64. The van der Waals surface area contributed by atoms with Crippen molar-refractivity contribution < 1.29 is 14.0 Å². The predicted octanol–water partition coefficient (Wildman–Crippen LogP) is 4.53. The molecule has 2 amide bonds. The van der Waals surface area contributed by atoms with Gasteiger partial charge in [0.25, 0.3) is 0 Å². The fraction of sp³-hybridized carbons (Fsp3) is 0.259. The first kappa shape index (κ1) is 23.2. The van der Waals surface area contributed by atoms with E-state index >= 15 is 0 Å². The highest BCUT2D eigenvalue weighted by Gasteiger charge is 2.29. The molecule has 0 aliphatic carbocycles. The number of carbonyl (C=O) groups is 2. The molecule has 0 saturated heterocycles. The Balaban J connectivity index is 1.79. The predicted molar refractivity (Wildman–Crippen MR) is 124 cm³/mol. The summed E-state index contributed by atoms with van der Waals surface area (Å²) in [5.41, 5.74) is 2.90. The van der Waals surface area contributed by atoms with E-state index < -0.39 is 6.04 Å². The minimum Gasteiger partial charge on any atom is -0.354 e. The Morgan fingerprint density at radius 3 is 2.03 bits per heavy atom. The highest BCUT2D eigenvalue weighted by Crippen LogP contribution is 2.16. The molecule has 0 spiro atoms. The number of nitrogens with zero attached hydrogens (tertiary/aromatic N) is 1. The van der Waals surface area contributed by atoms with Crippen LogP contribution in [0.5, 0.6) is 0 Å². The van der Waals surface area contributed by atoms with Gasteiger partial charge in [0, 0.05) is 25.9 Å². The number of amides is 2. The molecule has 0 unspecified atom stereocenters. The normalized spacial score (nSPS) is 11.6. The molecule has 4 nitrogen and oxygen atoms in total. The van der Waals surface area contributed by atoms with E-state index in [9.17, 15) is 14.0 Å². The molecule has 1 N–H and O–H groups in total. The Morgan fingerprint density at radius 2 is 1.44 bits per heavy atom. The van der Waals surface area contributed by atoms with E-state index in [1.165, 1.54) is 12.1 Å². The first-order valence-corrected chi connectivity index (χ1v) is 11.0. The highest BCUT2D eigenvalue weighted by molar-refractivity contribution is 5.88. The summed E-state index contributed by atoms with van der Waals surface area (Å²) < 4.78 is 13.4. The summed E-state index contributed by atoms with van der Waals surface area (Å²) in [4.78, 5) is 27.8. The van der Waals surface area contributed by atoms with Crippen LogP contribution in [0, 0.1) is 5.82 Å². The number of halogens is 1. The van der Waals surface area contributed by atoms with E-state index in [0.717, 1.165) is 16.7 Å². The molecule has 0 bridgehead atoms. The summed E-state index contributed by atoms with van der Waals surface area (Å²) in [6.07, 6.45) is 1.40. The van der Waals surface area contributed by atoms with Gasteiger partial charge in [0.1, 0.15) is 11.9 Å². The molecule has 3 aromatic carbocycles. The van der Waals surface area contributed by atoms with Crippen LogP contribution in [0.2, 0.25) is 0 Å². The third-order valence-electron chi connectivity index (χ3n) is 5.40. The van der Waals surface area contributed by atoms with Crippen molar-refractivity contribution in [2.45, 2.75) is 38.8 Å². The van der Waals surface area contributed by atoms with Gasteiger partial charge in [-0.1, -0.05) is 79.7 Å². The van der Waals surface area contributed by atoms with Gasteiger partial charge in [0.15, 0.2) is 0 Å². The van der Waals surface area contributed by atoms with Crippen molar-refractivity contribution in [3.05, 3.63) is 107 Å². The lowest BCUT2D eigenvalue weighted by atomic mass is 10.0. The standard InChI is InChI=1S/C27H29FN2O2/c1-2-26(31)30(20-23-13-15-24(28)16-14-23)25(19-22-11-7-4-8-12-22)27(32)29-18-17-21-9-5-3-6-10-21/h3-16,25H,2,17-20H2,1H3,(H,29,32)/t25-/m1/s1. The molecule has 0 heterocycles. The van der Waals surface area contributed by atoms with Crippen molar-refractivity contribution in [2.75, 3.05) is 6.54 Å². The van der Waals surface area contributed by atoms with Gasteiger partial charge < -0.3 is 10.2 Å². The van der Waals surface area contributed by atoms with Crippen LogP contribution in [-0.4, -0.2) is 29.3 Å². The lowest BCUT2D eigenvalue weighted by Gasteiger charge is -2.31. The molecule has 0 aliphatic heterocycles. The summed E-state index contributed by atoms with van der Waals surface area (Å²) in [6.45, 7) is 2.52. The molecule has 0 saturated carbocycles. The topological polar surface area (TPSA) is 49.4 Å². The van der Waals surface area contributed by atoms with Gasteiger partial charge in [-0.15, -0.1) is 0 Å². The molecule has 1 atom stereocenters. The molecule has 32 heavy (non-hydrogen) atoms. The van der Waals surface area contributed by atoms with Crippen LogP contribution in [0.4, 0.5) is 4.39 Å². The van der Waals surface area contributed by atoms with Gasteiger partial charge in [-0.05, 0) is 35.2 Å². The zero-order valence-corrected chi connectivity index (χ0v) is 18.3. The van der Waals surface area contributed by atoms with E-state index in [0.29, 0.717) is 19.4 Å². The molecule has 0 fully saturated rings. The van der Waals surface area contributed by atoms with Crippen LogP contribution in [0.15, 0.2) is 84.9 Å². The number of hydrogen-bond acceptors (Lipinski definition) is 2. The van der Waals surface area contributed by atoms with Gasteiger partial charge in [0.05, 0.1) is 0 Å². The van der Waals surface area contributed by atoms with Crippen molar-refractivity contribution in [3.8, 4) is 0 Å². The average Bonchev–Trinajstić information content (AvgIpc) is 2.83. The molecule has 0 aromatic heterocycles. The Bertz CT molecular complexity index is 991. The number of rotatable bonds is 10. The average molecular weight is 433 g/mol. The third-order valence-corrected chi connectivity index (χ3v) is 5.40. The molecule has 3 aromatic rings. The van der Waals surface area contributed by atoms with Crippen LogP contribution < -0.4 is 5.32 Å². The van der Waals surface area contributed by atoms with Crippen molar-refractivity contribution in [3.63, 3.8) is 0 Å². The summed E-state index contributed by atoms with van der Waals surface area (Å²) in [5, 5.41) is 3.01. The lowest BCUT2D eigenvalue weighted by Crippen LogP contribution is -2.50. The smallest absolute Gasteiger partial charge is 0.243 e. The van der Waals surface area contributed by atoms with Gasteiger partial charge in [-0.2, -0.15) is 0 Å². The molecular formula is C27H29FN2O2. The Labute approximate surface area is 189 Å². The summed E-state index contributed by atoms with van der Waals surface area (Å²) in [5.74, 6) is -0.635. The number of carbonyl (C=O) groups excluding carboxylic acids is 2. The first-order valence-electron chi connectivity index (χ1n) is 11.0. The second-order valence-corrected chi connectivity index (χ2v) is 7.73. The molecule has 0 aliphatic rings. The molecule has 5 heteroatoms. The number of nitrogens with one attached hydrogen (secondary N) is 1. The highest BCUT2D eigenvalue weighted by atomic mass is 19.1. The van der Waals surface area contributed by atoms with Crippen molar-refractivity contribution in [1.82, 2.24) is 10.2 Å². The van der Waals surface area contributed by atoms with E-state index in [-0.39, 0.29) is 30.6 Å². The molecule has 0 radical (unpaired) electrons. The zero-order chi connectivity index (χ0) is 22.8. The quantitative estimate of drug-likeness (QED) is 0.512. The van der Waals surface area contributed by atoms with Gasteiger partial charge in [-0.25, -0.2) is 4.39 Å². The third kappa shape index (κ3) is 6.77. The van der Waals surface area contributed by atoms with Gasteiger partial charge in [0.2, 0.25) is 11.8 Å². The fourth-order valence-corrected chi connectivity index (χ4v) is 3.64. The number of benzene rings is 3. The molecular weight excluding hydrogens is 403 g/mol. The molecule has 166 valence electrons. The van der Waals surface area contributed by atoms with Crippen molar-refractivity contribution in [1.29, 1.82) is 0 Å². The molecule has 3 rings (SSSR count). The van der Waals surface area contributed by atoms with Gasteiger partial charge >= 0.3 is 0 Å². The van der Waals surface area contributed by atoms with Crippen LogP contribution in [0.1, 0.15) is 30.0 Å². The largest absolute Gasteiger partial charge is 0.354 e. The summed E-state index contributed by atoms with van der Waals surface area (Å²) in [7, 11) is 0. The Hall–Kier alpha value is -3.47. The van der Waals surface area contributed by atoms with E-state index in [2.05, 4.69) is 5.32 Å². The lowest BCUT2D eigenvalue weighted by molar-refractivity contribution is -0.141. The maximum Gasteiger partial charge on any atom is 0.243 e. The van der Waals surface area contributed by atoms with E-state index in [4.69, 9.17) is 0 Å². The zero-order valence-electron chi connectivity index (χ0n) is 18.3. The van der Waals surface area contributed by atoms with Gasteiger partial charge in [-0.3, -0.25) is 9.59 Å². The minimum absolute atomic E-state index is 0.117. The summed E-state index contributed by atoms with van der Waals surface area (Å²) in [6, 6.07) is 25.0. The minimum atomic E-state index is -0.661. The van der Waals surface area contributed by atoms with Crippen molar-refractivity contribution in [2.24, 2.45) is 0 Å². The second kappa shape index (κ2) is 11.8.